The number of ether oxygens (including phenoxy) is 3. The summed E-state index contributed by atoms with van der Waals surface area (Å²) in [4.78, 5) is 10.8. The number of hydrogen-bond acceptors (Lipinski definition) is 4. The van der Waals surface area contributed by atoms with Gasteiger partial charge in [0.05, 0.1) is 7.11 Å². The van der Waals surface area contributed by atoms with Crippen molar-refractivity contribution in [1.82, 2.24) is 0 Å². The molecule has 1 aromatic carbocycles. The van der Waals surface area contributed by atoms with E-state index in [9.17, 15) is 4.79 Å². The molecule has 0 fully saturated rings. The summed E-state index contributed by atoms with van der Waals surface area (Å²) in [6.07, 6.45) is 2.89. The summed E-state index contributed by atoms with van der Waals surface area (Å²) in [5.41, 5.74) is 6.69. The number of nitrogens with two attached hydrogens (primary N) is 1. The number of amides is 1. The highest BCUT2D eigenvalue weighted by molar-refractivity contribution is 5.91. The largest absolute Gasteiger partial charge is 0.496 e. The van der Waals surface area contributed by atoms with E-state index in [1.54, 1.807) is 19.3 Å². The molecule has 0 unspecified atom stereocenters. The Morgan fingerprint density at radius 2 is 2.29 bits per heavy atom. The summed E-state index contributed by atoms with van der Waals surface area (Å²) in [5.74, 6) is 1.43. The molecule has 2 N–H and O–H groups in total. The van der Waals surface area contributed by atoms with E-state index in [1.165, 1.54) is 6.08 Å². The van der Waals surface area contributed by atoms with Crippen LogP contribution in [0.1, 0.15) is 11.1 Å². The fourth-order valence-electron chi connectivity index (χ4n) is 1.73. The second-order valence-corrected chi connectivity index (χ2v) is 3.59. The monoisotopic (exact) mass is 235 g/mol. The first-order valence-electron chi connectivity index (χ1n) is 5.08. The van der Waals surface area contributed by atoms with E-state index >= 15 is 0 Å². The van der Waals surface area contributed by atoms with Crippen LogP contribution in [-0.2, 0) is 4.79 Å². The van der Waals surface area contributed by atoms with Gasteiger partial charge in [-0.1, -0.05) is 0 Å². The second-order valence-electron chi connectivity index (χ2n) is 3.59. The van der Waals surface area contributed by atoms with Crippen LogP contribution in [-0.4, -0.2) is 19.8 Å². The molecule has 1 aromatic rings. The zero-order chi connectivity index (χ0) is 12.4. The zero-order valence-electron chi connectivity index (χ0n) is 9.65. The highest BCUT2D eigenvalue weighted by Crippen LogP contribution is 2.42. The van der Waals surface area contributed by atoms with Crippen LogP contribution >= 0.6 is 0 Å². The Bertz CT molecular complexity index is 494. The van der Waals surface area contributed by atoms with Gasteiger partial charge in [0.25, 0.3) is 0 Å². The van der Waals surface area contributed by atoms with Gasteiger partial charge in [-0.2, -0.15) is 0 Å². The first-order valence-corrected chi connectivity index (χ1v) is 5.08. The van der Waals surface area contributed by atoms with Crippen LogP contribution in [0.3, 0.4) is 0 Å². The first kappa shape index (κ1) is 11.3. The predicted octanol–water partition coefficient (Wildman–Crippen LogP) is 1.23. The molecule has 0 saturated carbocycles. The van der Waals surface area contributed by atoms with Crippen LogP contribution in [0.25, 0.3) is 6.08 Å². The molecule has 5 heteroatoms. The number of fused-ring (bicyclic) bond motifs is 1. The van der Waals surface area contributed by atoms with E-state index in [4.69, 9.17) is 19.9 Å². The lowest BCUT2D eigenvalue weighted by Gasteiger charge is -2.10. The van der Waals surface area contributed by atoms with Crippen LogP contribution in [0.5, 0.6) is 17.2 Å². The van der Waals surface area contributed by atoms with Gasteiger partial charge in [-0.3, -0.25) is 4.79 Å². The van der Waals surface area contributed by atoms with Crippen molar-refractivity contribution in [1.29, 1.82) is 0 Å². The second kappa shape index (κ2) is 4.37. The summed E-state index contributed by atoms with van der Waals surface area (Å²) in [6, 6.07) is 1.73. The van der Waals surface area contributed by atoms with E-state index < -0.39 is 5.91 Å². The average molecular weight is 235 g/mol. The van der Waals surface area contributed by atoms with Crippen molar-refractivity contribution >= 4 is 12.0 Å². The maximum Gasteiger partial charge on any atom is 0.241 e. The number of rotatable bonds is 3. The SMILES string of the molecule is COc1cc2c(c(C)c1/C=C/C(N)=O)OCO2. The summed E-state index contributed by atoms with van der Waals surface area (Å²) in [5, 5.41) is 0. The third-order valence-electron chi connectivity index (χ3n) is 2.55. The molecule has 5 nitrogen and oxygen atoms in total. The van der Waals surface area contributed by atoms with E-state index in [-0.39, 0.29) is 6.79 Å². The molecule has 1 aliphatic rings. The minimum absolute atomic E-state index is 0.197. The molecule has 1 aliphatic heterocycles. The summed E-state index contributed by atoms with van der Waals surface area (Å²) in [7, 11) is 1.55. The lowest BCUT2D eigenvalue weighted by atomic mass is 10.0. The Hall–Kier alpha value is -2.17. The fourth-order valence-corrected chi connectivity index (χ4v) is 1.73. The molecule has 0 bridgehead atoms. The van der Waals surface area contributed by atoms with Gasteiger partial charge < -0.3 is 19.9 Å². The molecule has 0 aliphatic carbocycles. The van der Waals surface area contributed by atoms with Crippen molar-refractivity contribution in [3.8, 4) is 17.2 Å². The zero-order valence-corrected chi connectivity index (χ0v) is 9.65. The third kappa shape index (κ3) is 2.04. The van der Waals surface area contributed by atoms with Gasteiger partial charge in [-0.25, -0.2) is 0 Å². The van der Waals surface area contributed by atoms with Gasteiger partial charge in [0.2, 0.25) is 12.7 Å². The van der Waals surface area contributed by atoms with Crippen molar-refractivity contribution in [3.05, 3.63) is 23.3 Å². The van der Waals surface area contributed by atoms with Gasteiger partial charge in [-0.05, 0) is 13.0 Å². The number of carbonyl (C=O) groups excluding carboxylic acids is 1. The van der Waals surface area contributed by atoms with Gasteiger partial charge in [0, 0.05) is 23.3 Å². The lowest BCUT2D eigenvalue weighted by molar-refractivity contribution is -0.113. The van der Waals surface area contributed by atoms with E-state index in [2.05, 4.69) is 0 Å². The van der Waals surface area contributed by atoms with Crippen LogP contribution in [0.2, 0.25) is 0 Å². The van der Waals surface area contributed by atoms with Crippen molar-refractivity contribution < 1.29 is 19.0 Å². The molecule has 2 rings (SSSR count). The number of carbonyl (C=O) groups is 1. The molecule has 0 aromatic heterocycles. The van der Waals surface area contributed by atoms with Crippen molar-refractivity contribution in [2.24, 2.45) is 5.73 Å². The Balaban J connectivity index is 2.53. The fraction of sp³-hybridized carbons (Fsp3) is 0.250. The smallest absolute Gasteiger partial charge is 0.241 e. The lowest BCUT2D eigenvalue weighted by Crippen LogP contribution is -2.05. The Morgan fingerprint density at radius 1 is 1.53 bits per heavy atom. The van der Waals surface area contributed by atoms with Crippen molar-refractivity contribution in [3.63, 3.8) is 0 Å². The van der Waals surface area contributed by atoms with Gasteiger partial charge >= 0.3 is 0 Å². The molecule has 17 heavy (non-hydrogen) atoms. The molecule has 1 heterocycles. The van der Waals surface area contributed by atoms with E-state index in [1.807, 2.05) is 6.92 Å². The van der Waals surface area contributed by atoms with E-state index in [0.29, 0.717) is 17.2 Å². The topological polar surface area (TPSA) is 70.8 Å². The first-order chi connectivity index (χ1) is 8.13. The van der Waals surface area contributed by atoms with Crippen LogP contribution in [0, 0.1) is 6.92 Å². The Labute approximate surface area is 98.8 Å². The molecule has 0 atom stereocenters. The quantitative estimate of drug-likeness (QED) is 0.800. The number of hydrogen-bond donors (Lipinski definition) is 1. The molecule has 0 spiro atoms. The normalized spacial score (nSPS) is 13.1. The third-order valence-corrected chi connectivity index (χ3v) is 2.55. The van der Waals surface area contributed by atoms with Gasteiger partial charge in [-0.15, -0.1) is 0 Å². The predicted molar refractivity (Wildman–Crippen MR) is 62.1 cm³/mol. The summed E-state index contributed by atoms with van der Waals surface area (Å²) >= 11 is 0. The number of benzene rings is 1. The Kier molecular flexibility index (Phi) is 2.91. The standard InChI is InChI=1S/C12H13NO4/c1-7-8(3-4-11(13)14)9(15-2)5-10-12(7)17-6-16-10/h3-5H,6H2,1-2H3,(H2,13,14)/b4-3+. The molecule has 1 amide bonds. The molecular formula is C12H13NO4. The van der Waals surface area contributed by atoms with Crippen LogP contribution in [0.4, 0.5) is 0 Å². The summed E-state index contributed by atoms with van der Waals surface area (Å²) < 4.78 is 15.9. The van der Waals surface area contributed by atoms with Gasteiger partial charge in [0.15, 0.2) is 11.5 Å². The van der Waals surface area contributed by atoms with Crippen LogP contribution in [0.15, 0.2) is 12.1 Å². The molecular weight excluding hydrogens is 222 g/mol. The number of primary amides is 1. The molecule has 90 valence electrons. The minimum Gasteiger partial charge on any atom is -0.496 e. The minimum atomic E-state index is -0.510. The molecule has 0 radical (unpaired) electrons. The average Bonchev–Trinajstić information content (AvgIpc) is 2.75. The maximum absolute atomic E-state index is 10.8. The van der Waals surface area contributed by atoms with E-state index in [0.717, 1.165) is 11.1 Å². The highest BCUT2D eigenvalue weighted by atomic mass is 16.7. The highest BCUT2D eigenvalue weighted by Gasteiger charge is 2.21. The summed E-state index contributed by atoms with van der Waals surface area (Å²) in [6.45, 7) is 2.07. The molecule has 0 saturated heterocycles. The number of methoxy groups -OCH3 is 1. The van der Waals surface area contributed by atoms with Crippen LogP contribution < -0.4 is 19.9 Å². The Morgan fingerprint density at radius 3 is 2.94 bits per heavy atom. The maximum atomic E-state index is 10.8. The van der Waals surface area contributed by atoms with Gasteiger partial charge in [0.1, 0.15) is 5.75 Å². The van der Waals surface area contributed by atoms with Crippen molar-refractivity contribution in [2.75, 3.05) is 13.9 Å². The van der Waals surface area contributed by atoms with Crippen molar-refractivity contribution in [2.45, 2.75) is 6.92 Å².